The first-order chi connectivity index (χ1) is 13.5. The molecule has 1 fully saturated rings. The van der Waals surface area contributed by atoms with Crippen LogP contribution in [0.2, 0.25) is 0 Å². The average Bonchev–Trinajstić information content (AvgIpc) is 3.14. The lowest BCUT2D eigenvalue weighted by Crippen LogP contribution is -2.51. The summed E-state index contributed by atoms with van der Waals surface area (Å²) in [4.78, 5) is 12.4. The van der Waals surface area contributed by atoms with Gasteiger partial charge in [-0.15, -0.1) is 0 Å². The molecule has 3 rings (SSSR count). The summed E-state index contributed by atoms with van der Waals surface area (Å²) in [5, 5.41) is 23.9. The molecule has 1 aliphatic heterocycles. The Morgan fingerprint density at radius 1 is 1.25 bits per heavy atom. The molecule has 0 radical (unpaired) electrons. The van der Waals surface area contributed by atoms with Gasteiger partial charge < -0.3 is 21.5 Å². The molecule has 4 atom stereocenters. The minimum Gasteiger partial charge on any atom is -0.392 e. The molecule has 0 bridgehead atoms. The van der Waals surface area contributed by atoms with Crippen LogP contribution in [0.15, 0.2) is 48.5 Å². The predicted octanol–water partition coefficient (Wildman–Crippen LogP) is 1.19. The Balaban J connectivity index is 1.64. The monoisotopic (exact) mass is 396 g/mol. The fraction of sp³-hybridized carbons (Fsp3) is 0.333. The Labute approximate surface area is 170 Å². The van der Waals surface area contributed by atoms with Crippen LogP contribution in [0.5, 0.6) is 0 Å². The Kier molecular flexibility index (Phi) is 6.70. The standard InChI is InChI=1S/C21H24N4O2S/c22-11-14-3-7-16(8-4-14)15-5-1-13(2-6-15)9-18(20(23)28)25-21(27)19-10-17(26)12-24-19/h1-8,17-20,24,26,28H,9-10,12,23H2,(H,25,27)/t17-,18-,19-,20+/m0/s1. The number of amides is 1. The third-order valence-corrected chi connectivity index (χ3v) is 5.28. The van der Waals surface area contributed by atoms with E-state index in [4.69, 9.17) is 11.0 Å². The van der Waals surface area contributed by atoms with Gasteiger partial charge in [0.15, 0.2) is 0 Å². The summed E-state index contributed by atoms with van der Waals surface area (Å²) in [6.07, 6.45) is 0.465. The van der Waals surface area contributed by atoms with Gasteiger partial charge in [0.25, 0.3) is 0 Å². The summed E-state index contributed by atoms with van der Waals surface area (Å²) >= 11 is 4.32. The van der Waals surface area contributed by atoms with Crippen LogP contribution in [0, 0.1) is 11.3 Å². The summed E-state index contributed by atoms with van der Waals surface area (Å²) in [5.74, 6) is -0.166. The molecule has 1 aliphatic rings. The van der Waals surface area contributed by atoms with Crippen LogP contribution in [-0.4, -0.2) is 41.1 Å². The highest BCUT2D eigenvalue weighted by Crippen LogP contribution is 2.21. The lowest BCUT2D eigenvalue weighted by molar-refractivity contribution is -0.123. The number of aliphatic hydroxyl groups excluding tert-OH is 1. The molecular formula is C21H24N4O2S. The zero-order valence-electron chi connectivity index (χ0n) is 15.4. The normalized spacial score (nSPS) is 20.9. The molecule has 0 aliphatic carbocycles. The van der Waals surface area contributed by atoms with Gasteiger partial charge in [0.1, 0.15) is 0 Å². The molecule has 0 saturated carbocycles. The summed E-state index contributed by atoms with van der Waals surface area (Å²) in [5.41, 5.74) is 9.71. The molecule has 146 valence electrons. The molecule has 1 heterocycles. The van der Waals surface area contributed by atoms with Crippen molar-refractivity contribution in [2.24, 2.45) is 5.73 Å². The number of nitriles is 1. The van der Waals surface area contributed by atoms with Gasteiger partial charge in [-0.3, -0.25) is 4.79 Å². The lowest BCUT2D eigenvalue weighted by atomic mass is 9.99. The van der Waals surface area contributed by atoms with Gasteiger partial charge in [-0.1, -0.05) is 36.4 Å². The van der Waals surface area contributed by atoms with Crippen molar-refractivity contribution < 1.29 is 9.90 Å². The number of carbonyl (C=O) groups excluding carboxylic acids is 1. The molecule has 0 spiro atoms. The van der Waals surface area contributed by atoms with E-state index in [1.807, 2.05) is 36.4 Å². The SMILES string of the molecule is N#Cc1ccc(-c2ccc(C[C@H](NC(=O)[C@@H]3C[C@H](O)CN3)[C@H](N)S)cc2)cc1. The third kappa shape index (κ3) is 5.12. The number of nitrogens with two attached hydrogens (primary N) is 1. The van der Waals surface area contributed by atoms with Crippen molar-refractivity contribution in [2.75, 3.05) is 6.54 Å². The zero-order chi connectivity index (χ0) is 20.1. The molecule has 2 aromatic rings. The summed E-state index contributed by atoms with van der Waals surface area (Å²) in [7, 11) is 0. The van der Waals surface area contributed by atoms with Crippen molar-refractivity contribution in [1.82, 2.24) is 10.6 Å². The van der Waals surface area contributed by atoms with E-state index in [1.54, 1.807) is 12.1 Å². The largest absolute Gasteiger partial charge is 0.392 e. The maximum atomic E-state index is 12.4. The fourth-order valence-electron chi connectivity index (χ4n) is 3.28. The van der Waals surface area contributed by atoms with Crippen LogP contribution >= 0.6 is 12.6 Å². The van der Waals surface area contributed by atoms with Crippen molar-refractivity contribution in [3.63, 3.8) is 0 Å². The van der Waals surface area contributed by atoms with Crippen LogP contribution in [0.3, 0.4) is 0 Å². The molecule has 1 amide bonds. The molecule has 0 unspecified atom stereocenters. The average molecular weight is 397 g/mol. The van der Waals surface area contributed by atoms with Crippen LogP contribution in [0.1, 0.15) is 17.5 Å². The Hall–Kier alpha value is -2.37. The first kappa shape index (κ1) is 20.4. The molecule has 1 saturated heterocycles. The smallest absolute Gasteiger partial charge is 0.237 e. The number of nitrogens with one attached hydrogen (secondary N) is 2. The van der Waals surface area contributed by atoms with Crippen molar-refractivity contribution in [2.45, 2.75) is 36.4 Å². The number of aliphatic hydroxyl groups is 1. The second-order valence-electron chi connectivity index (χ2n) is 7.05. The number of β-amino-alcohol motifs (C(OH)–C–C–N with tert-alkyl or cyclic N) is 1. The number of nitrogens with zero attached hydrogens (tertiary/aromatic N) is 1. The van der Waals surface area contributed by atoms with Gasteiger partial charge in [0.2, 0.25) is 5.91 Å². The number of thiol groups is 1. The lowest BCUT2D eigenvalue weighted by Gasteiger charge is -2.24. The second kappa shape index (κ2) is 9.22. The van der Waals surface area contributed by atoms with Crippen molar-refractivity contribution in [3.8, 4) is 17.2 Å². The molecule has 0 aromatic heterocycles. The van der Waals surface area contributed by atoms with E-state index in [1.165, 1.54) is 0 Å². The summed E-state index contributed by atoms with van der Waals surface area (Å²) in [6.45, 7) is 0.423. The van der Waals surface area contributed by atoms with E-state index in [-0.39, 0.29) is 11.9 Å². The maximum absolute atomic E-state index is 12.4. The highest BCUT2D eigenvalue weighted by atomic mass is 32.1. The topological polar surface area (TPSA) is 111 Å². The van der Waals surface area contributed by atoms with E-state index >= 15 is 0 Å². The summed E-state index contributed by atoms with van der Waals surface area (Å²) < 4.78 is 0. The van der Waals surface area contributed by atoms with Crippen LogP contribution in [-0.2, 0) is 11.2 Å². The van der Waals surface area contributed by atoms with Gasteiger partial charge in [-0.2, -0.15) is 17.9 Å². The van der Waals surface area contributed by atoms with Crippen LogP contribution in [0.4, 0.5) is 0 Å². The minimum atomic E-state index is -0.506. The maximum Gasteiger partial charge on any atom is 0.237 e. The Bertz CT molecular complexity index is 846. The van der Waals surface area contributed by atoms with Gasteiger partial charge in [-0.25, -0.2) is 0 Å². The third-order valence-electron chi connectivity index (χ3n) is 4.92. The molecule has 5 N–H and O–H groups in total. The van der Waals surface area contributed by atoms with Gasteiger partial charge >= 0.3 is 0 Å². The number of benzene rings is 2. The van der Waals surface area contributed by atoms with Crippen LogP contribution in [0.25, 0.3) is 11.1 Å². The molecule has 28 heavy (non-hydrogen) atoms. The van der Waals surface area contributed by atoms with Gasteiger partial charge in [0, 0.05) is 6.54 Å². The van der Waals surface area contributed by atoms with Crippen molar-refractivity contribution in [3.05, 3.63) is 59.7 Å². The first-order valence-corrected chi connectivity index (χ1v) is 9.73. The Morgan fingerprint density at radius 2 is 1.86 bits per heavy atom. The minimum absolute atomic E-state index is 0.166. The highest BCUT2D eigenvalue weighted by molar-refractivity contribution is 7.80. The van der Waals surface area contributed by atoms with E-state index in [9.17, 15) is 9.90 Å². The number of rotatable bonds is 6. The van der Waals surface area contributed by atoms with E-state index in [0.717, 1.165) is 16.7 Å². The van der Waals surface area contributed by atoms with Gasteiger partial charge in [0.05, 0.1) is 35.2 Å². The van der Waals surface area contributed by atoms with E-state index in [2.05, 4.69) is 29.3 Å². The highest BCUT2D eigenvalue weighted by Gasteiger charge is 2.30. The summed E-state index contributed by atoms with van der Waals surface area (Å²) in [6, 6.07) is 16.8. The molecular weight excluding hydrogens is 372 g/mol. The zero-order valence-corrected chi connectivity index (χ0v) is 16.3. The van der Waals surface area contributed by atoms with E-state index in [0.29, 0.717) is 24.9 Å². The predicted molar refractivity (Wildman–Crippen MR) is 112 cm³/mol. The van der Waals surface area contributed by atoms with Crippen molar-refractivity contribution in [1.29, 1.82) is 5.26 Å². The number of carbonyl (C=O) groups is 1. The number of hydrogen-bond donors (Lipinski definition) is 5. The second-order valence-corrected chi connectivity index (χ2v) is 7.64. The molecule has 2 aromatic carbocycles. The molecule has 6 nitrogen and oxygen atoms in total. The quantitative estimate of drug-likeness (QED) is 0.372. The number of hydrogen-bond acceptors (Lipinski definition) is 6. The van der Waals surface area contributed by atoms with Crippen LogP contribution < -0.4 is 16.4 Å². The Morgan fingerprint density at radius 3 is 2.36 bits per heavy atom. The first-order valence-electron chi connectivity index (χ1n) is 9.21. The fourth-order valence-corrected chi connectivity index (χ4v) is 3.46. The van der Waals surface area contributed by atoms with E-state index < -0.39 is 17.5 Å². The van der Waals surface area contributed by atoms with Gasteiger partial charge in [-0.05, 0) is 41.7 Å². The van der Waals surface area contributed by atoms with Crippen molar-refractivity contribution >= 4 is 18.5 Å². The molecule has 7 heteroatoms.